The molecule has 1 fully saturated rings. The summed E-state index contributed by atoms with van der Waals surface area (Å²) in [4.78, 5) is 4.22. The highest BCUT2D eigenvalue weighted by Crippen LogP contribution is 2.63. The number of hydrogen-bond acceptors (Lipinski definition) is 4. The van der Waals surface area contributed by atoms with Gasteiger partial charge in [-0.3, -0.25) is 0 Å². The summed E-state index contributed by atoms with van der Waals surface area (Å²) in [5, 5.41) is 12.9. The molecule has 2 unspecified atom stereocenters. The van der Waals surface area contributed by atoms with Crippen LogP contribution < -0.4 is 0 Å². The van der Waals surface area contributed by atoms with Gasteiger partial charge in [0.1, 0.15) is 0 Å². The fourth-order valence-corrected chi connectivity index (χ4v) is 3.01. The predicted molar refractivity (Wildman–Crippen MR) is 73.0 cm³/mol. The van der Waals surface area contributed by atoms with Crippen molar-refractivity contribution >= 4 is 15.9 Å². The fourth-order valence-electron chi connectivity index (χ4n) is 2.51. The van der Waals surface area contributed by atoms with Gasteiger partial charge in [-0.05, 0) is 33.5 Å². The molecule has 0 saturated heterocycles. The second-order valence-corrected chi connectivity index (χ2v) is 6.38. The first-order valence-electron chi connectivity index (χ1n) is 6.25. The van der Waals surface area contributed by atoms with Crippen molar-refractivity contribution in [2.75, 3.05) is 0 Å². The third kappa shape index (κ3) is 2.05. The Labute approximate surface area is 127 Å². The van der Waals surface area contributed by atoms with Crippen LogP contribution in [0.2, 0.25) is 0 Å². The van der Waals surface area contributed by atoms with E-state index in [4.69, 9.17) is 9.78 Å². The van der Waals surface area contributed by atoms with Crippen LogP contribution in [0.25, 0.3) is 11.4 Å². The van der Waals surface area contributed by atoms with Crippen molar-refractivity contribution in [3.05, 3.63) is 34.1 Å². The van der Waals surface area contributed by atoms with E-state index < -0.39 is 11.6 Å². The summed E-state index contributed by atoms with van der Waals surface area (Å²) in [5.74, 6) is -1.76. The average Bonchev–Trinajstić information content (AvgIpc) is 2.79. The maximum absolute atomic E-state index is 13.5. The van der Waals surface area contributed by atoms with Gasteiger partial charge < -0.3 is 4.52 Å². The summed E-state index contributed by atoms with van der Waals surface area (Å²) in [6, 6.07) is 4.58. The van der Waals surface area contributed by atoms with Gasteiger partial charge in [0, 0.05) is 5.56 Å². The number of hydrogen-bond donors (Lipinski definition) is 0. The molecule has 0 radical (unpaired) electrons. The van der Waals surface area contributed by atoms with Crippen molar-refractivity contribution in [2.24, 2.45) is 11.3 Å². The predicted octanol–water partition coefficient (Wildman–Crippen LogP) is 4.04. The van der Waals surface area contributed by atoms with Crippen molar-refractivity contribution in [1.29, 1.82) is 5.26 Å². The van der Waals surface area contributed by atoms with E-state index in [-0.39, 0.29) is 27.5 Å². The SMILES string of the molecule is CC1(C)C(C#N)C1c1nc(-c2ccc(F)c(F)c2Br)no1. The lowest BCUT2D eigenvalue weighted by Gasteiger charge is -2.01. The van der Waals surface area contributed by atoms with Gasteiger partial charge >= 0.3 is 0 Å². The Kier molecular flexibility index (Phi) is 3.10. The molecule has 0 bridgehead atoms. The van der Waals surface area contributed by atoms with Gasteiger partial charge in [0.05, 0.1) is 22.4 Å². The smallest absolute Gasteiger partial charge is 0.232 e. The molecular weight excluding hydrogens is 344 g/mol. The van der Waals surface area contributed by atoms with Gasteiger partial charge in [-0.2, -0.15) is 10.2 Å². The highest BCUT2D eigenvalue weighted by molar-refractivity contribution is 9.10. The second-order valence-electron chi connectivity index (χ2n) is 5.58. The molecule has 108 valence electrons. The van der Waals surface area contributed by atoms with Gasteiger partial charge in [0.15, 0.2) is 11.6 Å². The standard InChI is InChI=1S/C14H10BrF2N3O/c1-14(2)7(5-18)9(14)13-19-12(20-21-13)6-3-4-8(16)11(17)10(6)15/h3-4,7,9H,1-2H3. The Bertz CT molecular complexity index is 766. The Morgan fingerprint density at radius 3 is 2.71 bits per heavy atom. The van der Waals surface area contributed by atoms with Gasteiger partial charge in [-0.1, -0.05) is 19.0 Å². The first kappa shape index (κ1) is 14.1. The van der Waals surface area contributed by atoms with E-state index in [1.807, 2.05) is 13.8 Å². The van der Waals surface area contributed by atoms with E-state index in [9.17, 15) is 8.78 Å². The first-order chi connectivity index (χ1) is 9.87. The molecule has 21 heavy (non-hydrogen) atoms. The summed E-state index contributed by atoms with van der Waals surface area (Å²) in [7, 11) is 0. The first-order valence-corrected chi connectivity index (χ1v) is 7.04. The monoisotopic (exact) mass is 353 g/mol. The van der Waals surface area contributed by atoms with Crippen molar-refractivity contribution < 1.29 is 13.3 Å². The van der Waals surface area contributed by atoms with Gasteiger partial charge in [0.25, 0.3) is 0 Å². The highest BCUT2D eigenvalue weighted by Gasteiger charge is 2.62. The normalized spacial score (nSPS) is 22.9. The minimum Gasteiger partial charge on any atom is -0.339 e. The van der Waals surface area contributed by atoms with Crippen LogP contribution in [0.4, 0.5) is 8.78 Å². The zero-order valence-corrected chi connectivity index (χ0v) is 12.8. The van der Waals surface area contributed by atoms with Crippen molar-refractivity contribution in [3.63, 3.8) is 0 Å². The summed E-state index contributed by atoms with van der Waals surface area (Å²) in [6.45, 7) is 3.89. The second kappa shape index (κ2) is 4.60. The maximum atomic E-state index is 13.5. The summed E-state index contributed by atoms with van der Waals surface area (Å²) in [5.41, 5.74) is 0.0833. The molecule has 3 rings (SSSR count). The molecule has 2 aromatic rings. The van der Waals surface area contributed by atoms with Crippen LogP contribution >= 0.6 is 15.9 Å². The highest BCUT2D eigenvalue weighted by atomic mass is 79.9. The van der Waals surface area contributed by atoms with Crippen LogP contribution in [-0.4, -0.2) is 10.1 Å². The molecule has 1 aliphatic rings. The summed E-state index contributed by atoms with van der Waals surface area (Å²) in [6.07, 6.45) is 0. The van der Waals surface area contributed by atoms with Gasteiger partial charge in [-0.15, -0.1) is 0 Å². The molecule has 1 saturated carbocycles. The topological polar surface area (TPSA) is 62.7 Å². The minimum absolute atomic E-state index is 0.0539. The van der Waals surface area contributed by atoms with Gasteiger partial charge in [0.2, 0.25) is 11.7 Å². The van der Waals surface area contributed by atoms with E-state index >= 15 is 0 Å². The van der Waals surface area contributed by atoms with Crippen molar-refractivity contribution in [3.8, 4) is 17.5 Å². The number of halogens is 3. The average molecular weight is 354 g/mol. The molecule has 1 aliphatic carbocycles. The number of aromatic nitrogens is 2. The van der Waals surface area contributed by atoms with Crippen molar-refractivity contribution in [2.45, 2.75) is 19.8 Å². The van der Waals surface area contributed by atoms with E-state index in [0.29, 0.717) is 11.5 Å². The lowest BCUT2D eigenvalue weighted by atomic mass is 10.1. The van der Waals surface area contributed by atoms with Crippen LogP contribution in [0.1, 0.15) is 25.7 Å². The van der Waals surface area contributed by atoms with E-state index in [1.54, 1.807) is 0 Å². The fraction of sp³-hybridized carbons (Fsp3) is 0.357. The van der Waals surface area contributed by atoms with Crippen LogP contribution in [0, 0.1) is 34.3 Å². The molecule has 0 amide bonds. The van der Waals surface area contributed by atoms with E-state index in [2.05, 4.69) is 32.1 Å². The third-order valence-electron chi connectivity index (χ3n) is 3.95. The molecule has 1 aromatic heterocycles. The Balaban J connectivity index is 1.98. The van der Waals surface area contributed by atoms with E-state index in [1.165, 1.54) is 6.07 Å². The van der Waals surface area contributed by atoms with Crippen LogP contribution in [0.5, 0.6) is 0 Å². The van der Waals surface area contributed by atoms with Crippen LogP contribution in [0.3, 0.4) is 0 Å². The number of nitriles is 1. The lowest BCUT2D eigenvalue weighted by molar-refractivity contribution is 0.368. The maximum Gasteiger partial charge on any atom is 0.232 e. The lowest BCUT2D eigenvalue weighted by Crippen LogP contribution is -1.92. The Morgan fingerprint density at radius 1 is 1.38 bits per heavy atom. The zero-order chi connectivity index (χ0) is 15.4. The molecule has 0 N–H and O–H groups in total. The van der Waals surface area contributed by atoms with Crippen molar-refractivity contribution in [1.82, 2.24) is 10.1 Å². The van der Waals surface area contributed by atoms with Crippen LogP contribution in [-0.2, 0) is 0 Å². The molecule has 4 nitrogen and oxygen atoms in total. The molecule has 2 atom stereocenters. The van der Waals surface area contributed by atoms with E-state index in [0.717, 1.165) is 6.07 Å². The largest absolute Gasteiger partial charge is 0.339 e. The number of rotatable bonds is 2. The molecule has 1 heterocycles. The Morgan fingerprint density at radius 2 is 2.10 bits per heavy atom. The molecule has 1 aromatic carbocycles. The minimum atomic E-state index is -1.000. The van der Waals surface area contributed by atoms with Gasteiger partial charge in [-0.25, -0.2) is 8.78 Å². The third-order valence-corrected chi connectivity index (χ3v) is 4.73. The zero-order valence-electron chi connectivity index (χ0n) is 11.2. The summed E-state index contributed by atoms with van der Waals surface area (Å²) < 4.78 is 31.8. The molecular formula is C14H10BrF2N3O. The quantitative estimate of drug-likeness (QED) is 0.764. The number of benzene rings is 1. The molecule has 0 aliphatic heterocycles. The summed E-state index contributed by atoms with van der Waals surface area (Å²) >= 11 is 2.99. The number of nitrogens with zero attached hydrogens (tertiary/aromatic N) is 3. The van der Waals surface area contributed by atoms with Crippen LogP contribution in [0.15, 0.2) is 21.1 Å². The molecule has 0 spiro atoms. The Hall–Kier alpha value is -1.81. The molecule has 7 heteroatoms.